The lowest BCUT2D eigenvalue weighted by Gasteiger charge is -2.10. The average molecular weight is 512 g/mol. The van der Waals surface area contributed by atoms with Crippen molar-refractivity contribution in [3.05, 3.63) is 106 Å². The quantitative estimate of drug-likeness (QED) is 0.298. The third-order valence-electron chi connectivity index (χ3n) is 6.03. The number of nitrogens with two attached hydrogens (primary N) is 1. The van der Waals surface area contributed by atoms with Crippen LogP contribution in [0.4, 0.5) is 5.88 Å². The summed E-state index contributed by atoms with van der Waals surface area (Å²) in [6.07, 6.45) is 0. The number of nitrogens with one attached hydrogen (secondary N) is 1. The van der Waals surface area contributed by atoms with E-state index in [1.54, 1.807) is 48.5 Å². The van der Waals surface area contributed by atoms with Gasteiger partial charge in [0, 0.05) is 16.7 Å². The number of aromatic nitrogens is 3. The van der Waals surface area contributed by atoms with E-state index in [-0.39, 0.29) is 22.0 Å². The Kier molecular flexibility index (Phi) is 6.33. The minimum absolute atomic E-state index is 0.0554. The van der Waals surface area contributed by atoms with Gasteiger partial charge in [-0.15, -0.1) is 0 Å². The highest BCUT2D eigenvalue weighted by molar-refractivity contribution is 6.34. The number of amides is 2. The molecule has 8 nitrogen and oxygen atoms in total. The third kappa shape index (κ3) is 4.39. The van der Waals surface area contributed by atoms with Crippen molar-refractivity contribution >= 4 is 29.3 Å². The number of hydrogen-bond acceptors (Lipinski definition) is 5. The summed E-state index contributed by atoms with van der Waals surface area (Å²) in [7, 11) is 0. The maximum Gasteiger partial charge on any atom is 0.259 e. The molecule has 0 aliphatic carbocycles. The Balaban J connectivity index is 1.71. The van der Waals surface area contributed by atoms with E-state index in [9.17, 15) is 9.59 Å². The molecule has 2 heterocycles. The Hall–Kier alpha value is -4.69. The van der Waals surface area contributed by atoms with Gasteiger partial charge in [-0.2, -0.15) is 5.10 Å². The van der Waals surface area contributed by atoms with E-state index in [1.807, 2.05) is 48.9 Å². The zero-order valence-corrected chi connectivity index (χ0v) is 20.8. The average Bonchev–Trinajstić information content (AvgIpc) is 3.43. The zero-order valence-electron chi connectivity index (χ0n) is 20.0. The Morgan fingerprint density at radius 1 is 0.892 bits per heavy atom. The van der Waals surface area contributed by atoms with Crippen molar-refractivity contribution in [3.8, 4) is 28.1 Å². The van der Waals surface area contributed by atoms with Gasteiger partial charge in [0.1, 0.15) is 5.69 Å². The number of para-hydroxylation sites is 1. The Morgan fingerprint density at radius 3 is 2.24 bits per heavy atom. The predicted octanol–water partition coefficient (Wildman–Crippen LogP) is 5.82. The fourth-order valence-corrected chi connectivity index (χ4v) is 4.56. The number of carbonyl (C=O) groups excluding carboxylic acids is 2. The first kappa shape index (κ1) is 24.0. The van der Waals surface area contributed by atoms with E-state index >= 15 is 0 Å². The van der Waals surface area contributed by atoms with Gasteiger partial charge in [-0.1, -0.05) is 65.3 Å². The molecule has 37 heavy (non-hydrogen) atoms. The smallest absolute Gasteiger partial charge is 0.259 e. The van der Waals surface area contributed by atoms with Gasteiger partial charge in [-0.05, 0) is 44.2 Å². The van der Waals surface area contributed by atoms with Crippen LogP contribution in [0.3, 0.4) is 0 Å². The van der Waals surface area contributed by atoms with Crippen molar-refractivity contribution in [1.82, 2.24) is 14.9 Å². The zero-order chi connectivity index (χ0) is 26.1. The number of benzene rings is 3. The molecule has 0 unspecified atom stereocenters. The predicted molar refractivity (Wildman–Crippen MR) is 142 cm³/mol. The molecule has 0 fully saturated rings. The summed E-state index contributed by atoms with van der Waals surface area (Å²) < 4.78 is 7.49. The molecule has 0 atom stereocenters. The SMILES string of the molecule is Cc1nn(-c2ccccc2)c(C)c1-c1noc(NC(=O)c2ccccc2Cl)c1-c1ccccc1C(N)=O. The number of primary amides is 1. The van der Waals surface area contributed by atoms with Crippen LogP contribution in [0.5, 0.6) is 0 Å². The van der Waals surface area contributed by atoms with Gasteiger partial charge >= 0.3 is 0 Å². The van der Waals surface area contributed by atoms with Gasteiger partial charge in [0.2, 0.25) is 11.8 Å². The van der Waals surface area contributed by atoms with Crippen LogP contribution in [-0.2, 0) is 0 Å². The van der Waals surface area contributed by atoms with Gasteiger partial charge in [0.25, 0.3) is 5.91 Å². The number of aryl methyl sites for hydroxylation is 1. The van der Waals surface area contributed by atoms with Crippen molar-refractivity contribution < 1.29 is 14.1 Å². The van der Waals surface area contributed by atoms with Crippen LogP contribution in [0.15, 0.2) is 83.4 Å². The summed E-state index contributed by atoms with van der Waals surface area (Å²) in [6, 6.07) is 23.2. The van der Waals surface area contributed by atoms with Gasteiger partial charge < -0.3 is 10.3 Å². The van der Waals surface area contributed by atoms with E-state index in [2.05, 4.69) is 10.5 Å². The van der Waals surface area contributed by atoms with E-state index in [0.29, 0.717) is 28.1 Å². The fourth-order valence-electron chi connectivity index (χ4n) is 4.33. The minimum atomic E-state index is -0.625. The second kappa shape index (κ2) is 9.75. The normalized spacial score (nSPS) is 10.9. The number of halogens is 1. The van der Waals surface area contributed by atoms with Gasteiger partial charge in [-0.25, -0.2) is 4.68 Å². The molecule has 5 aromatic rings. The minimum Gasteiger partial charge on any atom is -0.366 e. The molecule has 0 saturated heterocycles. The largest absolute Gasteiger partial charge is 0.366 e. The van der Waals surface area contributed by atoms with E-state index in [0.717, 1.165) is 11.4 Å². The molecule has 5 rings (SSSR count). The highest BCUT2D eigenvalue weighted by atomic mass is 35.5. The Bertz CT molecular complexity index is 1640. The molecule has 0 aliphatic heterocycles. The molecule has 184 valence electrons. The molecule has 0 aliphatic rings. The van der Waals surface area contributed by atoms with E-state index < -0.39 is 11.8 Å². The molecule has 9 heteroatoms. The summed E-state index contributed by atoms with van der Waals surface area (Å²) in [4.78, 5) is 25.5. The first-order chi connectivity index (χ1) is 17.9. The van der Waals surface area contributed by atoms with Gasteiger partial charge in [-0.3, -0.25) is 14.9 Å². The van der Waals surface area contributed by atoms with Crippen LogP contribution in [-0.4, -0.2) is 26.8 Å². The lowest BCUT2D eigenvalue weighted by Crippen LogP contribution is -2.14. The number of nitrogens with zero attached hydrogens (tertiary/aromatic N) is 3. The first-order valence-electron chi connectivity index (χ1n) is 11.4. The molecule has 2 aromatic heterocycles. The van der Waals surface area contributed by atoms with Crippen LogP contribution in [0.2, 0.25) is 5.02 Å². The molecule has 0 spiro atoms. The van der Waals surface area contributed by atoms with E-state index in [4.69, 9.17) is 27.0 Å². The molecule has 0 saturated carbocycles. The summed E-state index contributed by atoms with van der Waals surface area (Å²) in [6.45, 7) is 3.78. The lowest BCUT2D eigenvalue weighted by atomic mass is 9.95. The Labute approximate surface area is 217 Å². The number of anilines is 1. The molecule has 3 N–H and O–H groups in total. The van der Waals surface area contributed by atoms with Crippen LogP contribution in [0.25, 0.3) is 28.1 Å². The Morgan fingerprint density at radius 2 is 1.54 bits per heavy atom. The van der Waals surface area contributed by atoms with Crippen LogP contribution in [0.1, 0.15) is 32.1 Å². The van der Waals surface area contributed by atoms with Crippen molar-refractivity contribution in [2.75, 3.05) is 5.32 Å². The second-order valence-electron chi connectivity index (χ2n) is 8.37. The summed E-state index contributed by atoms with van der Waals surface area (Å²) in [5.41, 5.74) is 10.6. The topological polar surface area (TPSA) is 116 Å². The maximum absolute atomic E-state index is 13.1. The second-order valence-corrected chi connectivity index (χ2v) is 8.78. The standard InChI is InChI=1S/C28H22ClN5O3/c1-16-23(17(2)34(32-16)18-10-4-3-5-11-18)25-24(19-12-6-7-13-20(19)26(30)35)28(37-33-25)31-27(36)21-14-8-9-15-22(21)29/h3-15H,1-2H3,(H2,30,35)(H,31,36). The molecular formula is C28H22ClN5O3. The number of hydrogen-bond donors (Lipinski definition) is 2. The fraction of sp³-hybridized carbons (Fsp3) is 0.0714. The van der Waals surface area contributed by atoms with Crippen LogP contribution in [0, 0.1) is 13.8 Å². The van der Waals surface area contributed by atoms with Gasteiger partial charge in [0.05, 0.1) is 33.2 Å². The molecular weight excluding hydrogens is 490 g/mol. The molecule has 3 aromatic carbocycles. The number of rotatable bonds is 6. The highest BCUT2D eigenvalue weighted by Gasteiger charge is 2.28. The van der Waals surface area contributed by atoms with E-state index in [1.165, 1.54) is 0 Å². The van der Waals surface area contributed by atoms with Crippen molar-refractivity contribution in [1.29, 1.82) is 0 Å². The molecule has 0 bridgehead atoms. The van der Waals surface area contributed by atoms with Crippen LogP contribution >= 0.6 is 11.6 Å². The summed E-state index contributed by atoms with van der Waals surface area (Å²) in [5.74, 6) is -1.06. The summed E-state index contributed by atoms with van der Waals surface area (Å²) >= 11 is 6.23. The van der Waals surface area contributed by atoms with Crippen LogP contribution < -0.4 is 11.1 Å². The highest BCUT2D eigenvalue weighted by Crippen LogP contribution is 2.42. The molecule has 2 amide bonds. The summed E-state index contributed by atoms with van der Waals surface area (Å²) in [5, 5.41) is 12.1. The molecule has 0 radical (unpaired) electrons. The first-order valence-corrected chi connectivity index (χ1v) is 11.8. The number of carbonyl (C=O) groups is 2. The van der Waals surface area contributed by atoms with Gasteiger partial charge in [0.15, 0.2) is 0 Å². The third-order valence-corrected chi connectivity index (χ3v) is 6.36. The monoisotopic (exact) mass is 511 g/mol. The lowest BCUT2D eigenvalue weighted by molar-refractivity contribution is 0.0998. The van der Waals surface area contributed by atoms with Crippen molar-refractivity contribution in [2.24, 2.45) is 5.73 Å². The van der Waals surface area contributed by atoms with Crippen molar-refractivity contribution in [2.45, 2.75) is 13.8 Å². The van der Waals surface area contributed by atoms with Crippen molar-refractivity contribution in [3.63, 3.8) is 0 Å². The maximum atomic E-state index is 13.1.